The quantitative estimate of drug-likeness (QED) is 0.639. The third kappa shape index (κ3) is 1.82. The van der Waals surface area contributed by atoms with Crippen molar-refractivity contribution in [3.8, 4) is 0 Å². The zero-order valence-electron chi connectivity index (χ0n) is 9.81. The van der Waals surface area contributed by atoms with Crippen molar-refractivity contribution in [1.29, 1.82) is 0 Å². The molecular weight excluding hydrogens is 174 g/mol. The minimum Gasteiger partial charge on any atom is -0.375 e. The van der Waals surface area contributed by atoms with E-state index >= 15 is 0 Å². The summed E-state index contributed by atoms with van der Waals surface area (Å²) in [5, 5.41) is 0. The molecule has 0 aromatic rings. The van der Waals surface area contributed by atoms with Crippen LogP contribution in [0, 0.1) is 5.41 Å². The summed E-state index contributed by atoms with van der Waals surface area (Å²) in [5.74, 6) is 0. The van der Waals surface area contributed by atoms with Crippen LogP contribution in [-0.4, -0.2) is 37.2 Å². The van der Waals surface area contributed by atoms with Gasteiger partial charge in [-0.05, 0) is 46.2 Å². The Morgan fingerprint density at radius 2 is 2.21 bits per heavy atom. The van der Waals surface area contributed by atoms with Crippen LogP contribution >= 0.6 is 0 Å². The van der Waals surface area contributed by atoms with Gasteiger partial charge in [-0.2, -0.15) is 0 Å². The molecule has 0 saturated carbocycles. The molecule has 2 rings (SSSR count). The summed E-state index contributed by atoms with van der Waals surface area (Å²) in [6.07, 6.45) is 5.13. The molecule has 0 aromatic carbocycles. The topological polar surface area (TPSA) is 12.5 Å². The van der Waals surface area contributed by atoms with Crippen LogP contribution in [0.1, 0.15) is 39.5 Å². The molecule has 1 spiro atoms. The molecule has 0 aliphatic carbocycles. The van der Waals surface area contributed by atoms with Crippen molar-refractivity contribution < 1.29 is 4.74 Å². The van der Waals surface area contributed by atoms with Crippen LogP contribution in [0.25, 0.3) is 0 Å². The number of likely N-dealkylation sites (tertiary alicyclic amines) is 1. The molecule has 2 aliphatic heterocycles. The summed E-state index contributed by atoms with van der Waals surface area (Å²) in [4.78, 5) is 2.47. The lowest BCUT2D eigenvalue weighted by Crippen LogP contribution is -2.42. The van der Waals surface area contributed by atoms with Crippen molar-refractivity contribution in [3.05, 3.63) is 0 Å². The highest BCUT2D eigenvalue weighted by atomic mass is 16.5. The first kappa shape index (κ1) is 10.4. The van der Waals surface area contributed by atoms with Gasteiger partial charge in [0.05, 0.1) is 12.2 Å². The van der Waals surface area contributed by atoms with Crippen LogP contribution in [0.4, 0.5) is 0 Å². The van der Waals surface area contributed by atoms with Gasteiger partial charge in [-0.15, -0.1) is 0 Å². The lowest BCUT2D eigenvalue weighted by Gasteiger charge is -2.38. The number of ether oxygens (including phenoxy) is 1. The van der Waals surface area contributed by atoms with E-state index in [-0.39, 0.29) is 5.60 Å². The van der Waals surface area contributed by atoms with Crippen molar-refractivity contribution in [3.63, 3.8) is 0 Å². The second-order valence-electron chi connectivity index (χ2n) is 5.61. The Bertz CT molecular complexity index is 218. The molecule has 14 heavy (non-hydrogen) atoms. The molecule has 2 aliphatic rings. The minimum absolute atomic E-state index is 0.165. The monoisotopic (exact) mass is 197 g/mol. The number of rotatable bonds is 1. The number of hydrogen-bond donors (Lipinski definition) is 0. The molecule has 0 aromatic heterocycles. The van der Waals surface area contributed by atoms with E-state index in [2.05, 4.69) is 25.8 Å². The van der Waals surface area contributed by atoms with Gasteiger partial charge < -0.3 is 9.64 Å². The highest BCUT2D eigenvalue weighted by molar-refractivity contribution is 4.97. The molecule has 2 atom stereocenters. The first-order valence-corrected chi connectivity index (χ1v) is 5.90. The molecular formula is C12H23NO. The van der Waals surface area contributed by atoms with Crippen LogP contribution in [0.5, 0.6) is 0 Å². The van der Waals surface area contributed by atoms with E-state index in [0.29, 0.717) is 5.41 Å². The smallest absolute Gasteiger partial charge is 0.0658 e. The van der Waals surface area contributed by atoms with Crippen LogP contribution in [0.15, 0.2) is 0 Å². The fourth-order valence-corrected chi connectivity index (χ4v) is 3.17. The normalized spacial score (nSPS) is 44.8. The van der Waals surface area contributed by atoms with Gasteiger partial charge in [0.2, 0.25) is 0 Å². The summed E-state index contributed by atoms with van der Waals surface area (Å²) in [5.41, 5.74) is 0.649. The van der Waals surface area contributed by atoms with Gasteiger partial charge in [-0.3, -0.25) is 0 Å². The summed E-state index contributed by atoms with van der Waals surface area (Å²) >= 11 is 0. The van der Waals surface area contributed by atoms with E-state index in [0.717, 1.165) is 13.0 Å². The second kappa shape index (κ2) is 3.49. The maximum absolute atomic E-state index is 6.00. The summed E-state index contributed by atoms with van der Waals surface area (Å²) in [7, 11) is 2.24. The SMILES string of the molecule is CCC1(C)CC2(CCCN(C)C2)CO1. The molecule has 0 bridgehead atoms. The van der Waals surface area contributed by atoms with Crippen molar-refractivity contribution >= 4 is 0 Å². The summed E-state index contributed by atoms with van der Waals surface area (Å²) in [6, 6.07) is 0. The molecule has 2 saturated heterocycles. The van der Waals surface area contributed by atoms with E-state index in [1.54, 1.807) is 0 Å². The van der Waals surface area contributed by atoms with Crippen LogP contribution in [0.2, 0.25) is 0 Å². The van der Waals surface area contributed by atoms with E-state index in [1.807, 2.05) is 0 Å². The minimum atomic E-state index is 0.165. The third-order valence-corrected chi connectivity index (χ3v) is 4.08. The zero-order valence-corrected chi connectivity index (χ0v) is 9.81. The highest BCUT2D eigenvalue weighted by Gasteiger charge is 2.47. The third-order valence-electron chi connectivity index (χ3n) is 4.08. The van der Waals surface area contributed by atoms with Crippen molar-refractivity contribution in [2.75, 3.05) is 26.7 Å². The molecule has 0 radical (unpaired) electrons. The van der Waals surface area contributed by atoms with Crippen LogP contribution in [0.3, 0.4) is 0 Å². The Labute approximate surface area is 87.6 Å². The van der Waals surface area contributed by atoms with Gasteiger partial charge in [-0.1, -0.05) is 6.92 Å². The average Bonchev–Trinajstić information content (AvgIpc) is 2.45. The lowest BCUT2D eigenvalue weighted by atomic mass is 9.75. The van der Waals surface area contributed by atoms with Crippen LogP contribution < -0.4 is 0 Å². The standard InChI is InChI=1S/C12H23NO/c1-4-11(2)8-12(10-14-11)6-5-7-13(3)9-12/h4-10H2,1-3H3. The predicted octanol–water partition coefficient (Wildman–Crippen LogP) is 2.29. The Hall–Kier alpha value is -0.0800. The maximum Gasteiger partial charge on any atom is 0.0658 e. The molecule has 82 valence electrons. The highest BCUT2D eigenvalue weighted by Crippen LogP contribution is 2.46. The number of hydrogen-bond acceptors (Lipinski definition) is 2. The lowest BCUT2D eigenvalue weighted by molar-refractivity contribution is 0.00934. The van der Waals surface area contributed by atoms with Gasteiger partial charge in [0.1, 0.15) is 0 Å². The fourth-order valence-electron chi connectivity index (χ4n) is 3.17. The van der Waals surface area contributed by atoms with Crippen molar-refractivity contribution in [1.82, 2.24) is 4.90 Å². The summed E-state index contributed by atoms with van der Waals surface area (Å²) in [6.45, 7) is 8.01. The second-order valence-corrected chi connectivity index (χ2v) is 5.61. The Balaban J connectivity index is 2.04. The largest absolute Gasteiger partial charge is 0.375 e. The zero-order chi connectivity index (χ0) is 10.2. The first-order valence-electron chi connectivity index (χ1n) is 5.90. The van der Waals surface area contributed by atoms with Crippen LogP contribution in [-0.2, 0) is 4.74 Å². The number of nitrogens with zero attached hydrogens (tertiary/aromatic N) is 1. The predicted molar refractivity (Wildman–Crippen MR) is 58.4 cm³/mol. The average molecular weight is 197 g/mol. The molecule has 2 unspecified atom stereocenters. The Morgan fingerprint density at radius 3 is 2.79 bits per heavy atom. The van der Waals surface area contributed by atoms with Gasteiger partial charge in [0.15, 0.2) is 0 Å². The first-order chi connectivity index (χ1) is 6.58. The molecule has 0 N–H and O–H groups in total. The van der Waals surface area contributed by atoms with Crippen molar-refractivity contribution in [2.24, 2.45) is 5.41 Å². The van der Waals surface area contributed by atoms with E-state index < -0.39 is 0 Å². The van der Waals surface area contributed by atoms with Gasteiger partial charge in [0.25, 0.3) is 0 Å². The Kier molecular flexibility index (Phi) is 2.61. The van der Waals surface area contributed by atoms with E-state index in [9.17, 15) is 0 Å². The molecule has 2 heteroatoms. The van der Waals surface area contributed by atoms with E-state index in [4.69, 9.17) is 4.74 Å². The number of piperidine rings is 1. The Morgan fingerprint density at radius 1 is 1.43 bits per heavy atom. The van der Waals surface area contributed by atoms with Gasteiger partial charge in [-0.25, -0.2) is 0 Å². The molecule has 2 nitrogen and oxygen atoms in total. The maximum atomic E-state index is 6.00. The van der Waals surface area contributed by atoms with Gasteiger partial charge >= 0.3 is 0 Å². The molecule has 0 amide bonds. The molecule has 2 fully saturated rings. The fraction of sp³-hybridized carbons (Fsp3) is 1.00. The summed E-state index contributed by atoms with van der Waals surface area (Å²) < 4.78 is 6.00. The molecule has 2 heterocycles. The van der Waals surface area contributed by atoms with E-state index in [1.165, 1.54) is 32.4 Å². The van der Waals surface area contributed by atoms with Gasteiger partial charge in [0, 0.05) is 12.0 Å². The van der Waals surface area contributed by atoms with Crippen molar-refractivity contribution in [2.45, 2.75) is 45.1 Å².